The van der Waals surface area contributed by atoms with Gasteiger partial charge in [-0.25, -0.2) is 0 Å². The Bertz CT molecular complexity index is 2150. The first-order valence-electron chi connectivity index (χ1n) is 16.0. The predicted molar refractivity (Wildman–Crippen MR) is 198 cm³/mol. The van der Waals surface area contributed by atoms with Crippen LogP contribution >= 0.6 is 0 Å². The van der Waals surface area contributed by atoms with Gasteiger partial charge in [0.15, 0.2) is 0 Å². The van der Waals surface area contributed by atoms with E-state index in [4.69, 9.17) is 0 Å². The van der Waals surface area contributed by atoms with Gasteiger partial charge in [0.1, 0.15) is 0 Å². The number of anilines is 6. The van der Waals surface area contributed by atoms with Gasteiger partial charge in [0, 0.05) is 22.1 Å². The summed E-state index contributed by atoms with van der Waals surface area (Å²) in [6.07, 6.45) is 0. The summed E-state index contributed by atoms with van der Waals surface area (Å²) in [7, 11) is 0. The van der Waals surface area contributed by atoms with E-state index in [1.54, 1.807) is 0 Å². The first kappa shape index (κ1) is 27.9. The molecule has 0 atom stereocenters. The molecule has 0 spiro atoms. The number of hydrogen-bond donors (Lipinski definition) is 0. The second kappa shape index (κ2) is 11.1. The molecule has 8 aromatic carbocycles. The van der Waals surface area contributed by atoms with Gasteiger partial charge in [0.25, 0.3) is 0 Å². The quantitative estimate of drug-likeness (QED) is 0.177. The van der Waals surface area contributed by atoms with E-state index < -0.39 is 0 Å². The lowest BCUT2D eigenvalue weighted by molar-refractivity contribution is 1.23. The summed E-state index contributed by atoms with van der Waals surface area (Å²) in [4.78, 5) is 4.92. The van der Waals surface area contributed by atoms with Crippen molar-refractivity contribution < 1.29 is 0 Å². The largest absolute Gasteiger partial charge is 0.309 e. The number of rotatable bonds is 6. The molecule has 0 unspecified atom stereocenters. The molecule has 0 radical (unpaired) electrons. The fourth-order valence-electron chi connectivity index (χ4n) is 7.43. The van der Waals surface area contributed by atoms with Crippen molar-refractivity contribution in [1.29, 1.82) is 0 Å². The Morgan fingerprint density at radius 2 is 0.696 bits per heavy atom. The topological polar surface area (TPSA) is 6.48 Å². The van der Waals surface area contributed by atoms with Crippen LogP contribution in [0.4, 0.5) is 34.1 Å². The summed E-state index contributed by atoms with van der Waals surface area (Å²) >= 11 is 0. The Morgan fingerprint density at radius 3 is 1.07 bits per heavy atom. The van der Waals surface area contributed by atoms with E-state index >= 15 is 0 Å². The van der Waals surface area contributed by atoms with Gasteiger partial charge in [0.05, 0.1) is 22.7 Å². The van der Waals surface area contributed by atoms with Crippen LogP contribution in [0.25, 0.3) is 32.3 Å². The molecule has 8 rings (SSSR count). The third-order valence-electron chi connectivity index (χ3n) is 9.42. The van der Waals surface area contributed by atoms with Crippen molar-refractivity contribution in [3.63, 3.8) is 0 Å². The van der Waals surface area contributed by atoms with Crippen molar-refractivity contribution >= 4 is 66.4 Å². The minimum atomic E-state index is 1.15. The van der Waals surface area contributed by atoms with E-state index in [-0.39, 0.29) is 0 Å². The van der Waals surface area contributed by atoms with Crippen molar-refractivity contribution in [2.45, 2.75) is 27.7 Å². The molecule has 0 aliphatic heterocycles. The van der Waals surface area contributed by atoms with E-state index in [1.165, 1.54) is 77.3 Å². The van der Waals surface area contributed by atoms with E-state index in [2.05, 4.69) is 183 Å². The van der Waals surface area contributed by atoms with Gasteiger partial charge in [0.2, 0.25) is 0 Å². The zero-order valence-electron chi connectivity index (χ0n) is 26.8. The highest BCUT2D eigenvalue weighted by molar-refractivity contribution is 6.29. The second-order valence-electron chi connectivity index (χ2n) is 12.4. The summed E-state index contributed by atoms with van der Waals surface area (Å²) in [5.41, 5.74) is 12.2. The van der Waals surface area contributed by atoms with Crippen LogP contribution in [0.1, 0.15) is 22.3 Å². The van der Waals surface area contributed by atoms with Gasteiger partial charge in [-0.1, -0.05) is 109 Å². The maximum Gasteiger partial charge on any atom is 0.0546 e. The van der Waals surface area contributed by atoms with Gasteiger partial charge < -0.3 is 9.80 Å². The van der Waals surface area contributed by atoms with Crippen LogP contribution in [0.2, 0.25) is 0 Å². The maximum atomic E-state index is 2.46. The van der Waals surface area contributed by atoms with Crippen LogP contribution in [0.3, 0.4) is 0 Å². The Kier molecular flexibility index (Phi) is 6.73. The van der Waals surface area contributed by atoms with Crippen molar-refractivity contribution in [3.05, 3.63) is 168 Å². The first-order chi connectivity index (χ1) is 22.5. The third kappa shape index (κ3) is 4.41. The van der Waals surface area contributed by atoms with Crippen LogP contribution in [0.15, 0.2) is 146 Å². The molecule has 0 N–H and O–H groups in total. The van der Waals surface area contributed by atoms with Crippen LogP contribution in [0.5, 0.6) is 0 Å². The number of nitrogens with zero attached hydrogens (tertiary/aromatic N) is 2. The minimum absolute atomic E-state index is 1.15. The molecule has 2 nitrogen and oxygen atoms in total. The highest BCUT2D eigenvalue weighted by Crippen LogP contribution is 2.50. The lowest BCUT2D eigenvalue weighted by Crippen LogP contribution is -2.14. The van der Waals surface area contributed by atoms with Gasteiger partial charge in [-0.05, 0) is 108 Å². The fraction of sp³-hybridized carbons (Fsp3) is 0.0909. The van der Waals surface area contributed by atoms with E-state index in [1.807, 2.05) is 0 Å². The lowest BCUT2D eigenvalue weighted by atomic mass is 9.90. The Hall–Kier alpha value is -5.60. The Morgan fingerprint density at radius 1 is 0.348 bits per heavy atom. The van der Waals surface area contributed by atoms with Crippen molar-refractivity contribution in [2.24, 2.45) is 0 Å². The molecule has 222 valence electrons. The smallest absolute Gasteiger partial charge is 0.0546 e. The van der Waals surface area contributed by atoms with Crippen molar-refractivity contribution in [1.82, 2.24) is 0 Å². The summed E-state index contributed by atoms with van der Waals surface area (Å²) in [5.74, 6) is 0. The van der Waals surface area contributed by atoms with Crippen molar-refractivity contribution in [2.75, 3.05) is 9.80 Å². The van der Waals surface area contributed by atoms with Crippen LogP contribution in [-0.2, 0) is 0 Å². The number of aryl methyl sites for hydroxylation is 4. The summed E-state index contributed by atoms with van der Waals surface area (Å²) < 4.78 is 0. The summed E-state index contributed by atoms with van der Waals surface area (Å²) in [5, 5.41) is 7.57. The molecule has 8 aromatic rings. The van der Waals surface area contributed by atoms with Gasteiger partial charge in [-0.3, -0.25) is 0 Å². The average molecular weight is 593 g/mol. The molecular weight excluding hydrogens is 556 g/mol. The average Bonchev–Trinajstić information content (AvgIpc) is 3.08. The maximum absolute atomic E-state index is 2.46. The number of benzene rings is 8. The lowest BCUT2D eigenvalue weighted by Gasteiger charge is -2.32. The van der Waals surface area contributed by atoms with E-state index in [9.17, 15) is 0 Å². The Labute approximate surface area is 271 Å². The van der Waals surface area contributed by atoms with Crippen LogP contribution in [0, 0.1) is 27.7 Å². The fourth-order valence-corrected chi connectivity index (χ4v) is 7.43. The monoisotopic (exact) mass is 592 g/mol. The molecule has 0 heterocycles. The Balaban J connectivity index is 1.47. The molecule has 0 fully saturated rings. The molecule has 0 aliphatic rings. The molecule has 0 aromatic heterocycles. The standard InChI is InChI=1S/C44H36N2/c1-29-15-11-16-30(2)43(29)45(35-21-7-5-8-22-35)39-27-33-19-14-26-38-40(28-34-20-13-25-37(39)41(34)42(33)38)46(36-23-9-6-10-24-36)44-31(3)17-12-18-32(44)4/h5-28H,1-4H3. The van der Waals surface area contributed by atoms with E-state index in [0.29, 0.717) is 0 Å². The summed E-state index contributed by atoms with van der Waals surface area (Å²) in [6, 6.07) is 53.1. The molecule has 0 bridgehead atoms. The van der Waals surface area contributed by atoms with Gasteiger partial charge in [-0.15, -0.1) is 0 Å². The number of hydrogen-bond acceptors (Lipinski definition) is 2. The molecule has 46 heavy (non-hydrogen) atoms. The van der Waals surface area contributed by atoms with Gasteiger partial charge >= 0.3 is 0 Å². The zero-order valence-corrected chi connectivity index (χ0v) is 26.8. The molecule has 0 saturated carbocycles. The minimum Gasteiger partial charge on any atom is -0.309 e. The highest BCUT2D eigenvalue weighted by atomic mass is 15.2. The molecule has 2 heteroatoms. The highest BCUT2D eigenvalue weighted by Gasteiger charge is 2.25. The summed E-state index contributed by atoms with van der Waals surface area (Å²) in [6.45, 7) is 8.87. The molecular formula is C44H36N2. The second-order valence-corrected chi connectivity index (χ2v) is 12.4. The molecule has 0 aliphatic carbocycles. The van der Waals surface area contributed by atoms with Crippen LogP contribution in [-0.4, -0.2) is 0 Å². The van der Waals surface area contributed by atoms with E-state index in [0.717, 1.165) is 11.4 Å². The zero-order chi connectivity index (χ0) is 31.4. The van der Waals surface area contributed by atoms with Gasteiger partial charge in [-0.2, -0.15) is 0 Å². The SMILES string of the molecule is Cc1cccc(C)c1N(c1ccccc1)c1cc2cccc3c(N(c4ccccc4)c4c(C)cccc4C)cc4cccc1c4c23. The predicted octanol–water partition coefficient (Wildman–Crippen LogP) is 12.8. The van der Waals surface area contributed by atoms with Crippen molar-refractivity contribution in [3.8, 4) is 0 Å². The van der Waals surface area contributed by atoms with Crippen LogP contribution < -0.4 is 9.80 Å². The third-order valence-corrected chi connectivity index (χ3v) is 9.42. The number of para-hydroxylation sites is 4. The first-order valence-corrected chi connectivity index (χ1v) is 16.0. The molecule has 0 amide bonds. The molecule has 0 saturated heterocycles. The normalized spacial score (nSPS) is 11.5.